The Bertz CT molecular complexity index is 745. The number of hydrogen-bond donors (Lipinski definition) is 2. The van der Waals surface area contributed by atoms with Crippen LogP contribution in [0.2, 0.25) is 5.02 Å². The quantitative estimate of drug-likeness (QED) is 0.888. The van der Waals surface area contributed by atoms with Gasteiger partial charge in [-0.05, 0) is 43.3 Å². The highest BCUT2D eigenvalue weighted by atomic mass is 35.5. The van der Waals surface area contributed by atoms with E-state index >= 15 is 0 Å². The molecule has 21 heavy (non-hydrogen) atoms. The molecular weight excluding hydrogens is 308 g/mol. The van der Waals surface area contributed by atoms with Gasteiger partial charge in [0.1, 0.15) is 0 Å². The average Bonchev–Trinajstić information content (AvgIpc) is 2.43. The number of halogens is 1. The van der Waals surface area contributed by atoms with E-state index in [0.717, 1.165) is 5.56 Å². The van der Waals surface area contributed by atoms with Gasteiger partial charge >= 0.3 is 0 Å². The van der Waals surface area contributed by atoms with Gasteiger partial charge in [-0.3, -0.25) is 4.72 Å². The van der Waals surface area contributed by atoms with Crippen molar-refractivity contribution in [3.63, 3.8) is 0 Å². The molecule has 0 saturated heterocycles. The van der Waals surface area contributed by atoms with Gasteiger partial charge in [-0.2, -0.15) is 0 Å². The van der Waals surface area contributed by atoms with Crippen LogP contribution in [0.5, 0.6) is 0 Å². The van der Waals surface area contributed by atoms with Gasteiger partial charge in [-0.1, -0.05) is 35.9 Å². The van der Waals surface area contributed by atoms with Crippen molar-refractivity contribution in [2.24, 2.45) is 0 Å². The Balaban J connectivity index is 2.41. The van der Waals surface area contributed by atoms with Crippen LogP contribution in [0, 0.1) is 6.92 Å². The van der Waals surface area contributed by atoms with Gasteiger partial charge in [0, 0.05) is 11.6 Å². The molecule has 0 fully saturated rings. The fraction of sp³-hybridized carbons (Fsp3) is 0.200. The van der Waals surface area contributed by atoms with E-state index in [1.54, 1.807) is 43.4 Å². The first-order chi connectivity index (χ1) is 9.94. The van der Waals surface area contributed by atoms with Gasteiger partial charge in [0.2, 0.25) is 0 Å². The summed E-state index contributed by atoms with van der Waals surface area (Å²) in [6.45, 7) is 2.30. The predicted octanol–water partition coefficient (Wildman–Crippen LogP) is 3.17. The number of sulfonamides is 1. The van der Waals surface area contributed by atoms with Crippen LogP contribution in [-0.2, 0) is 16.6 Å². The Labute approximate surface area is 130 Å². The van der Waals surface area contributed by atoms with E-state index in [1.165, 1.54) is 0 Å². The predicted molar refractivity (Wildman–Crippen MR) is 86.2 cm³/mol. The summed E-state index contributed by atoms with van der Waals surface area (Å²) in [5, 5.41) is 3.46. The largest absolute Gasteiger partial charge is 0.316 e. The molecule has 0 spiro atoms. The van der Waals surface area contributed by atoms with E-state index in [4.69, 9.17) is 11.6 Å². The summed E-state index contributed by atoms with van der Waals surface area (Å²) < 4.78 is 27.8. The molecule has 112 valence electrons. The lowest BCUT2D eigenvalue weighted by atomic mass is 10.2. The molecule has 0 unspecified atom stereocenters. The number of nitrogens with one attached hydrogen (secondary N) is 2. The smallest absolute Gasteiger partial charge is 0.262 e. The molecule has 0 radical (unpaired) electrons. The molecule has 4 nitrogen and oxygen atoms in total. The standard InChI is InChI=1S/C15H17ClN2O2S/c1-11-7-8-13(16)9-14(11)18-21(19,20)15-6-4-3-5-12(15)10-17-2/h3-9,17-18H,10H2,1-2H3. The maximum Gasteiger partial charge on any atom is 0.262 e. The van der Waals surface area contributed by atoms with Crippen LogP contribution in [0.15, 0.2) is 47.4 Å². The van der Waals surface area contributed by atoms with Crippen LogP contribution >= 0.6 is 11.6 Å². The summed E-state index contributed by atoms with van der Waals surface area (Å²) in [5.41, 5.74) is 2.02. The third kappa shape index (κ3) is 3.75. The van der Waals surface area contributed by atoms with Crippen LogP contribution in [-0.4, -0.2) is 15.5 Å². The van der Waals surface area contributed by atoms with Crippen LogP contribution in [0.3, 0.4) is 0 Å². The van der Waals surface area contributed by atoms with E-state index in [0.29, 0.717) is 22.8 Å². The summed E-state index contributed by atoms with van der Waals surface area (Å²) in [4.78, 5) is 0.263. The van der Waals surface area contributed by atoms with Gasteiger partial charge in [0.25, 0.3) is 10.0 Å². The normalized spacial score (nSPS) is 11.4. The fourth-order valence-electron chi connectivity index (χ4n) is 2.01. The highest BCUT2D eigenvalue weighted by molar-refractivity contribution is 7.92. The number of benzene rings is 2. The van der Waals surface area contributed by atoms with Crippen LogP contribution in [0.1, 0.15) is 11.1 Å². The maximum atomic E-state index is 12.6. The zero-order valence-electron chi connectivity index (χ0n) is 11.9. The molecule has 2 rings (SSSR count). The highest BCUT2D eigenvalue weighted by Gasteiger charge is 2.18. The summed E-state index contributed by atoms with van der Waals surface area (Å²) in [5.74, 6) is 0. The van der Waals surface area contributed by atoms with Crippen molar-refractivity contribution in [1.29, 1.82) is 0 Å². The second kappa shape index (κ2) is 6.47. The van der Waals surface area contributed by atoms with Crippen LogP contribution in [0.25, 0.3) is 0 Å². The molecule has 6 heteroatoms. The summed E-state index contributed by atoms with van der Waals surface area (Å²) >= 11 is 5.93. The molecule has 2 N–H and O–H groups in total. The Morgan fingerprint density at radius 3 is 2.57 bits per heavy atom. The lowest BCUT2D eigenvalue weighted by molar-refractivity contribution is 0.599. The van der Waals surface area contributed by atoms with Crippen LogP contribution in [0.4, 0.5) is 5.69 Å². The van der Waals surface area contributed by atoms with Crippen molar-refractivity contribution in [1.82, 2.24) is 5.32 Å². The minimum atomic E-state index is -3.65. The summed E-state index contributed by atoms with van der Waals surface area (Å²) in [7, 11) is -1.88. The number of hydrogen-bond acceptors (Lipinski definition) is 3. The lowest BCUT2D eigenvalue weighted by Crippen LogP contribution is -2.17. The van der Waals surface area contributed by atoms with Gasteiger partial charge in [0.05, 0.1) is 10.6 Å². The van der Waals surface area contributed by atoms with Crippen molar-refractivity contribution in [2.75, 3.05) is 11.8 Å². The average molecular weight is 325 g/mol. The molecule has 0 aliphatic heterocycles. The van der Waals surface area contributed by atoms with Crippen molar-refractivity contribution in [2.45, 2.75) is 18.4 Å². The summed E-state index contributed by atoms with van der Waals surface area (Å²) in [6, 6.07) is 12.0. The van der Waals surface area contributed by atoms with Crippen molar-refractivity contribution in [3.05, 3.63) is 58.6 Å². The Kier molecular flexibility index (Phi) is 4.88. The number of aryl methyl sites for hydroxylation is 1. The Morgan fingerprint density at radius 2 is 1.86 bits per heavy atom. The highest BCUT2D eigenvalue weighted by Crippen LogP contribution is 2.24. The molecule has 0 heterocycles. The zero-order chi connectivity index (χ0) is 15.5. The summed E-state index contributed by atoms with van der Waals surface area (Å²) in [6.07, 6.45) is 0. The van der Waals surface area contributed by atoms with E-state index in [1.807, 2.05) is 13.0 Å². The van der Waals surface area contributed by atoms with Crippen molar-refractivity contribution < 1.29 is 8.42 Å². The topological polar surface area (TPSA) is 58.2 Å². The molecule has 0 amide bonds. The van der Waals surface area contributed by atoms with Gasteiger partial charge in [-0.15, -0.1) is 0 Å². The second-order valence-corrected chi connectivity index (χ2v) is 6.79. The van der Waals surface area contributed by atoms with E-state index in [9.17, 15) is 8.42 Å². The van der Waals surface area contributed by atoms with Gasteiger partial charge < -0.3 is 5.32 Å². The monoisotopic (exact) mass is 324 g/mol. The molecule has 2 aromatic rings. The second-order valence-electron chi connectivity index (χ2n) is 4.70. The third-order valence-corrected chi connectivity index (χ3v) is 4.77. The van der Waals surface area contributed by atoms with Gasteiger partial charge in [0.15, 0.2) is 0 Å². The molecule has 0 aliphatic rings. The maximum absolute atomic E-state index is 12.6. The molecule has 2 aromatic carbocycles. The fourth-order valence-corrected chi connectivity index (χ4v) is 3.54. The first kappa shape index (κ1) is 15.8. The SMILES string of the molecule is CNCc1ccccc1S(=O)(=O)Nc1cc(Cl)ccc1C. The lowest BCUT2D eigenvalue weighted by Gasteiger charge is -2.14. The minimum absolute atomic E-state index is 0.263. The van der Waals surface area contributed by atoms with Crippen molar-refractivity contribution >= 4 is 27.3 Å². The first-order valence-corrected chi connectivity index (χ1v) is 8.31. The molecule has 0 bridgehead atoms. The van der Waals surface area contributed by atoms with E-state index in [-0.39, 0.29) is 4.90 Å². The molecule has 0 saturated carbocycles. The molecule has 0 atom stereocenters. The van der Waals surface area contributed by atoms with Crippen molar-refractivity contribution in [3.8, 4) is 0 Å². The van der Waals surface area contributed by atoms with Crippen LogP contribution < -0.4 is 10.0 Å². The molecule has 0 aliphatic carbocycles. The Morgan fingerprint density at radius 1 is 1.14 bits per heavy atom. The third-order valence-electron chi connectivity index (χ3n) is 3.07. The number of anilines is 1. The van der Waals surface area contributed by atoms with E-state index < -0.39 is 10.0 Å². The zero-order valence-corrected chi connectivity index (χ0v) is 13.4. The van der Waals surface area contributed by atoms with Gasteiger partial charge in [-0.25, -0.2) is 8.42 Å². The molecular formula is C15H17ClN2O2S. The van der Waals surface area contributed by atoms with E-state index in [2.05, 4.69) is 10.0 Å². The first-order valence-electron chi connectivity index (χ1n) is 6.45. The molecule has 0 aromatic heterocycles. The number of rotatable bonds is 5. The Hall–Kier alpha value is -1.56. The minimum Gasteiger partial charge on any atom is -0.316 e.